The highest BCUT2D eigenvalue weighted by Gasteiger charge is 2.50. The maximum Gasteiger partial charge on any atom is 0.244 e. The number of carbonyl (C=O) groups is 1. The van der Waals surface area contributed by atoms with Crippen LogP contribution in [0.3, 0.4) is 0 Å². The number of likely N-dealkylation sites (tertiary alicyclic amines) is 1. The minimum Gasteiger partial charge on any atom is -0.496 e. The quantitative estimate of drug-likeness (QED) is 0.764. The van der Waals surface area contributed by atoms with Gasteiger partial charge in [0.1, 0.15) is 11.6 Å². The molecular weight excluding hydrogens is 363 g/mol. The number of ether oxygens (including phenoxy) is 3. The zero-order valence-electron chi connectivity index (χ0n) is 16.1. The molecule has 4 rings (SSSR count). The standard InChI is InChI=1S/C21H23FN2O4/c1-26-18-10-20(28-3)19(27-2)8-13(18)11-23-12-14-9-17(23)21(25)24(14)16-7-5-4-6-15(16)22/h4-8,10,14,17H,9,11-12H2,1-3H3/t14-,17-/m0/s1. The van der Waals surface area contributed by atoms with Crippen molar-refractivity contribution in [1.29, 1.82) is 0 Å². The molecule has 2 bridgehead atoms. The molecular formula is C21H23FN2O4. The van der Waals surface area contributed by atoms with Crippen LogP contribution in [0, 0.1) is 5.82 Å². The lowest BCUT2D eigenvalue weighted by Crippen LogP contribution is -2.50. The van der Waals surface area contributed by atoms with E-state index in [1.165, 1.54) is 6.07 Å². The fourth-order valence-electron chi connectivity index (χ4n) is 4.24. The Morgan fingerprint density at radius 2 is 1.71 bits per heavy atom. The van der Waals surface area contributed by atoms with E-state index in [-0.39, 0.29) is 23.8 Å². The number of halogens is 1. The Kier molecular flexibility index (Phi) is 4.85. The van der Waals surface area contributed by atoms with Gasteiger partial charge in [-0.3, -0.25) is 9.69 Å². The number of hydrogen-bond donors (Lipinski definition) is 0. The summed E-state index contributed by atoms with van der Waals surface area (Å²) in [6.45, 7) is 1.23. The fourth-order valence-corrected chi connectivity index (χ4v) is 4.24. The van der Waals surface area contributed by atoms with Crippen molar-refractivity contribution in [2.75, 3.05) is 32.8 Å². The van der Waals surface area contributed by atoms with E-state index >= 15 is 0 Å². The van der Waals surface area contributed by atoms with E-state index in [2.05, 4.69) is 4.90 Å². The third-order valence-corrected chi connectivity index (χ3v) is 5.54. The molecule has 0 aromatic heterocycles. The molecule has 2 aliphatic rings. The molecule has 2 atom stereocenters. The predicted octanol–water partition coefficient (Wildman–Crippen LogP) is 2.84. The summed E-state index contributed by atoms with van der Waals surface area (Å²) < 4.78 is 30.4. The van der Waals surface area contributed by atoms with E-state index in [0.717, 1.165) is 5.56 Å². The van der Waals surface area contributed by atoms with Gasteiger partial charge in [0.05, 0.1) is 39.1 Å². The minimum atomic E-state index is -0.364. The van der Waals surface area contributed by atoms with Crippen molar-refractivity contribution in [3.8, 4) is 17.2 Å². The molecule has 0 radical (unpaired) electrons. The molecule has 7 heteroatoms. The van der Waals surface area contributed by atoms with Crippen LogP contribution >= 0.6 is 0 Å². The highest BCUT2D eigenvalue weighted by molar-refractivity contribution is 6.01. The van der Waals surface area contributed by atoms with E-state index in [4.69, 9.17) is 14.2 Å². The molecule has 1 amide bonds. The van der Waals surface area contributed by atoms with Crippen LogP contribution in [0.5, 0.6) is 17.2 Å². The Balaban J connectivity index is 1.57. The summed E-state index contributed by atoms with van der Waals surface area (Å²) in [6.07, 6.45) is 0.697. The number of hydrogen-bond acceptors (Lipinski definition) is 5. The first-order valence-electron chi connectivity index (χ1n) is 9.18. The molecule has 6 nitrogen and oxygen atoms in total. The fraction of sp³-hybridized carbons (Fsp3) is 0.381. The van der Waals surface area contributed by atoms with E-state index in [9.17, 15) is 9.18 Å². The van der Waals surface area contributed by atoms with Gasteiger partial charge in [0, 0.05) is 24.7 Å². The molecule has 2 aliphatic heterocycles. The number of benzene rings is 2. The molecule has 0 N–H and O–H groups in total. The van der Waals surface area contributed by atoms with Gasteiger partial charge in [-0.25, -0.2) is 4.39 Å². The van der Waals surface area contributed by atoms with Crippen LogP contribution in [-0.4, -0.2) is 50.8 Å². The lowest BCUT2D eigenvalue weighted by atomic mass is 10.1. The maximum atomic E-state index is 14.2. The number of piperazine rings is 1. The summed E-state index contributed by atoms with van der Waals surface area (Å²) in [4.78, 5) is 16.7. The number of amides is 1. The number of nitrogens with zero attached hydrogens (tertiary/aromatic N) is 2. The van der Waals surface area contributed by atoms with E-state index in [1.807, 2.05) is 6.07 Å². The number of para-hydroxylation sites is 1. The molecule has 2 fully saturated rings. The molecule has 2 saturated heterocycles. The molecule has 148 valence electrons. The number of fused-ring (bicyclic) bond motifs is 2. The van der Waals surface area contributed by atoms with Crippen molar-refractivity contribution in [1.82, 2.24) is 4.90 Å². The first-order chi connectivity index (χ1) is 13.6. The number of methoxy groups -OCH3 is 3. The topological polar surface area (TPSA) is 51.2 Å². The van der Waals surface area contributed by atoms with Gasteiger partial charge in [-0.1, -0.05) is 12.1 Å². The van der Waals surface area contributed by atoms with Crippen LogP contribution in [0.2, 0.25) is 0 Å². The Bertz CT molecular complexity index is 904. The Morgan fingerprint density at radius 1 is 1.04 bits per heavy atom. The van der Waals surface area contributed by atoms with E-state index in [0.29, 0.717) is 42.4 Å². The average molecular weight is 386 g/mol. The first kappa shape index (κ1) is 18.6. The SMILES string of the molecule is COc1cc(OC)c(OC)cc1CN1C[C@@H]2C[C@H]1C(=O)N2c1ccccc1F. The van der Waals surface area contributed by atoms with Gasteiger partial charge in [-0.05, 0) is 24.6 Å². The smallest absolute Gasteiger partial charge is 0.244 e. The zero-order valence-corrected chi connectivity index (χ0v) is 16.1. The van der Waals surface area contributed by atoms with Crippen molar-refractivity contribution in [2.24, 2.45) is 0 Å². The normalized spacial score (nSPS) is 21.3. The van der Waals surface area contributed by atoms with Gasteiger partial charge in [-0.15, -0.1) is 0 Å². The highest BCUT2D eigenvalue weighted by atomic mass is 19.1. The predicted molar refractivity (Wildman–Crippen MR) is 103 cm³/mol. The summed E-state index contributed by atoms with van der Waals surface area (Å²) in [6, 6.07) is 9.81. The largest absolute Gasteiger partial charge is 0.496 e. The van der Waals surface area contributed by atoms with Crippen LogP contribution in [0.25, 0.3) is 0 Å². The third-order valence-electron chi connectivity index (χ3n) is 5.54. The number of carbonyl (C=O) groups excluding carboxylic acids is 1. The van der Waals surface area contributed by atoms with Crippen LogP contribution in [0.1, 0.15) is 12.0 Å². The van der Waals surface area contributed by atoms with Gasteiger partial charge >= 0.3 is 0 Å². The van der Waals surface area contributed by atoms with Crippen molar-refractivity contribution in [3.05, 3.63) is 47.8 Å². The lowest BCUT2D eigenvalue weighted by molar-refractivity contribution is -0.122. The summed E-state index contributed by atoms with van der Waals surface area (Å²) in [7, 11) is 4.76. The van der Waals surface area contributed by atoms with Crippen LogP contribution in [0.15, 0.2) is 36.4 Å². The Labute approximate surface area is 163 Å². The third kappa shape index (κ3) is 2.96. The molecule has 0 spiro atoms. The molecule has 2 aromatic carbocycles. The average Bonchev–Trinajstić information content (AvgIpc) is 3.25. The summed E-state index contributed by atoms with van der Waals surface area (Å²) >= 11 is 0. The van der Waals surface area contributed by atoms with Gasteiger partial charge in [0.2, 0.25) is 5.91 Å². The zero-order chi connectivity index (χ0) is 19.8. The number of anilines is 1. The van der Waals surface area contributed by atoms with Gasteiger partial charge in [0.15, 0.2) is 11.5 Å². The van der Waals surface area contributed by atoms with Crippen molar-refractivity contribution < 1.29 is 23.4 Å². The van der Waals surface area contributed by atoms with E-state index in [1.54, 1.807) is 50.5 Å². The van der Waals surface area contributed by atoms with Crippen molar-refractivity contribution in [2.45, 2.75) is 25.0 Å². The summed E-state index contributed by atoms with van der Waals surface area (Å²) in [5, 5.41) is 0. The van der Waals surface area contributed by atoms with Crippen LogP contribution in [-0.2, 0) is 11.3 Å². The highest BCUT2D eigenvalue weighted by Crippen LogP contribution is 2.40. The number of rotatable bonds is 6. The molecule has 0 aliphatic carbocycles. The Hall–Kier alpha value is -2.80. The monoisotopic (exact) mass is 386 g/mol. The summed E-state index contributed by atoms with van der Waals surface area (Å²) in [5.74, 6) is 1.46. The maximum absolute atomic E-state index is 14.2. The second-order valence-corrected chi connectivity index (χ2v) is 7.01. The minimum absolute atomic E-state index is 0.0273. The second kappa shape index (κ2) is 7.31. The van der Waals surface area contributed by atoms with Gasteiger partial charge in [-0.2, -0.15) is 0 Å². The molecule has 2 aromatic rings. The molecule has 2 heterocycles. The first-order valence-corrected chi connectivity index (χ1v) is 9.18. The van der Waals surface area contributed by atoms with Gasteiger partial charge < -0.3 is 19.1 Å². The van der Waals surface area contributed by atoms with E-state index < -0.39 is 0 Å². The van der Waals surface area contributed by atoms with Gasteiger partial charge in [0.25, 0.3) is 0 Å². The van der Waals surface area contributed by atoms with Crippen LogP contribution in [0.4, 0.5) is 10.1 Å². The van der Waals surface area contributed by atoms with Crippen molar-refractivity contribution >= 4 is 11.6 Å². The lowest BCUT2D eigenvalue weighted by Gasteiger charge is -2.34. The van der Waals surface area contributed by atoms with Crippen molar-refractivity contribution in [3.63, 3.8) is 0 Å². The second-order valence-electron chi connectivity index (χ2n) is 7.01. The molecule has 0 saturated carbocycles. The Morgan fingerprint density at radius 3 is 2.36 bits per heavy atom. The molecule has 0 unspecified atom stereocenters. The summed E-state index contributed by atoms with van der Waals surface area (Å²) in [5.41, 5.74) is 1.28. The molecule has 28 heavy (non-hydrogen) atoms. The van der Waals surface area contributed by atoms with Crippen LogP contribution < -0.4 is 19.1 Å².